The van der Waals surface area contributed by atoms with Crippen molar-refractivity contribution in [1.82, 2.24) is 0 Å². The summed E-state index contributed by atoms with van der Waals surface area (Å²) >= 11 is 0. The summed E-state index contributed by atoms with van der Waals surface area (Å²) in [5.41, 5.74) is 5.38. The molecule has 0 saturated heterocycles. The highest BCUT2D eigenvalue weighted by atomic mass is 19.3. The third kappa shape index (κ3) is 3.56. The van der Waals surface area contributed by atoms with Crippen LogP contribution in [0.15, 0.2) is 73.3 Å². The molecule has 0 spiro atoms. The van der Waals surface area contributed by atoms with Crippen LogP contribution < -0.4 is 14.8 Å². The zero-order valence-electron chi connectivity index (χ0n) is 16.0. The molecule has 0 radical (unpaired) electrons. The smallest absolute Gasteiger partial charge is 0.387 e. The average molecular weight is 393 g/mol. The molecular weight excluding hydrogens is 372 g/mol. The van der Waals surface area contributed by atoms with E-state index in [9.17, 15) is 8.78 Å². The fourth-order valence-electron chi connectivity index (χ4n) is 3.79. The summed E-state index contributed by atoms with van der Waals surface area (Å²) in [6, 6.07) is 19.0. The minimum absolute atomic E-state index is 0.110. The maximum atomic E-state index is 12.9. The minimum atomic E-state index is -2.90. The van der Waals surface area contributed by atoms with Gasteiger partial charge in [0.05, 0.1) is 5.56 Å². The molecular formula is C24H21F2NO2. The zero-order valence-corrected chi connectivity index (χ0v) is 16.0. The number of anilines is 1. The lowest BCUT2D eigenvalue weighted by molar-refractivity contribution is -0.0496. The molecule has 0 bridgehead atoms. The van der Waals surface area contributed by atoms with Crippen molar-refractivity contribution in [2.45, 2.75) is 19.1 Å². The molecule has 0 saturated carbocycles. The van der Waals surface area contributed by atoms with Crippen LogP contribution >= 0.6 is 0 Å². The summed E-state index contributed by atoms with van der Waals surface area (Å²) in [4.78, 5) is 0. The quantitative estimate of drug-likeness (QED) is 0.474. The molecule has 1 atom stereocenters. The van der Waals surface area contributed by atoms with Crippen LogP contribution in [0.2, 0.25) is 0 Å². The number of benzene rings is 3. The van der Waals surface area contributed by atoms with Gasteiger partial charge in [-0.25, -0.2) is 0 Å². The van der Waals surface area contributed by atoms with Crippen molar-refractivity contribution < 1.29 is 18.3 Å². The Morgan fingerprint density at radius 3 is 2.69 bits per heavy atom. The SMILES string of the molecule is C=CCC1Oc2cccc(OC(F)F)c2-c2ccc(-c3ccccc3NC)cc21. The Morgan fingerprint density at radius 2 is 1.93 bits per heavy atom. The Balaban J connectivity index is 1.89. The first-order valence-corrected chi connectivity index (χ1v) is 9.39. The summed E-state index contributed by atoms with van der Waals surface area (Å²) in [5, 5.41) is 3.21. The van der Waals surface area contributed by atoms with Gasteiger partial charge in [0.2, 0.25) is 0 Å². The molecule has 0 amide bonds. The molecule has 1 heterocycles. The second-order valence-electron chi connectivity index (χ2n) is 6.74. The van der Waals surface area contributed by atoms with Crippen molar-refractivity contribution >= 4 is 5.69 Å². The van der Waals surface area contributed by atoms with Crippen LogP contribution in [0.1, 0.15) is 18.1 Å². The predicted molar refractivity (Wildman–Crippen MR) is 112 cm³/mol. The van der Waals surface area contributed by atoms with Crippen LogP contribution in [0.25, 0.3) is 22.3 Å². The number of alkyl halides is 2. The maximum absolute atomic E-state index is 12.9. The van der Waals surface area contributed by atoms with E-state index in [2.05, 4.69) is 18.0 Å². The molecule has 4 rings (SSSR count). The van der Waals surface area contributed by atoms with E-state index in [1.807, 2.05) is 43.4 Å². The molecule has 1 aliphatic heterocycles. The second-order valence-corrected chi connectivity index (χ2v) is 6.74. The van der Waals surface area contributed by atoms with Crippen LogP contribution in [0.3, 0.4) is 0 Å². The first kappa shape index (κ1) is 19.0. The fraction of sp³-hybridized carbons (Fsp3) is 0.167. The maximum Gasteiger partial charge on any atom is 0.387 e. The Hall–Kier alpha value is -3.34. The molecule has 1 unspecified atom stereocenters. The van der Waals surface area contributed by atoms with E-state index in [0.29, 0.717) is 17.7 Å². The van der Waals surface area contributed by atoms with E-state index in [1.54, 1.807) is 18.2 Å². The van der Waals surface area contributed by atoms with Gasteiger partial charge in [0.15, 0.2) is 0 Å². The van der Waals surface area contributed by atoms with Gasteiger partial charge in [-0.05, 0) is 35.4 Å². The summed E-state index contributed by atoms with van der Waals surface area (Å²) in [6.45, 7) is 0.930. The molecule has 5 heteroatoms. The van der Waals surface area contributed by atoms with Crippen LogP contribution in [0, 0.1) is 0 Å². The highest BCUT2D eigenvalue weighted by Crippen LogP contribution is 2.49. The number of fused-ring (bicyclic) bond motifs is 3. The lowest BCUT2D eigenvalue weighted by Gasteiger charge is -2.30. The molecule has 0 aliphatic carbocycles. The Bertz CT molecular complexity index is 1050. The van der Waals surface area contributed by atoms with E-state index >= 15 is 0 Å². The zero-order chi connectivity index (χ0) is 20.4. The van der Waals surface area contributed by atoms with Gasteiger partial charge in [-0.2, -0.15) is 8.78 Å². The normalized spacial score (nSPS) is 14.6. The number of para-hydroxylation sites is 1. The van der Waals surface area contributed by atoms with Crippen molar-refractivity contribution in [3.63, 3.8) is 0 Å². The minimum Gasteiger partial charge on any atom is -0.485 e. The third-order valence-corrected chi connectivity index (χ3v) is 5.03. The molecule has 3 aromatic carbocycles. The first-order chi connectivity index (χ1) is 14.1. The molecule has 3 nitrogen and oxygen atoms in total. The monoisotopic (exact) mass is 393 g/mol. The van der Waals surface area contributed by atoms with Crippen molar-refractivity contribution in [1.29, 1.82) is 0 Å². The van der Waals surface area contributed by atoms with Gasteiger partial charge < -0.3 is 14.8 Å². The number of nitrogens with one attached hydrogen (secondary N) is 1. The largest absolute Gasteiger partial charge is 0.485 e. The van der Waals surface area contributed by atoms with Gasteiger partial charge in [0.1, 0.15) is 17.6 Å². The summed E-state index contributed by atoms with van der Waals surface area (Å²) < 4.78 is 36.8. The topological polar surface area (TPSA) is 30.5 Å². The molecule has 148 valence electrons. The highest BCUT2D eigenvalue weighted by Gasteiger charge is 2.29. The number of rotatable bonds is 6. The lowest BCUT2D eigenvalue weighted by Crippen LogP contribution is -2.15. The van der Waals surface area contributed by atoms with Crippen LogP contribution in [0.5, 0.6) is 11.5 Å². The van der Waals surface area contributed by atoms with Gasteiger partial charge in [0.25, 0.3) is 0 Å². The van der Waals surface area contributed by atoms with E-state index in [-0.39, 0.29) is 11.9 Å². The molecule has 0 aromatic heterocycles. The predicted octanol–water partition coefficient (Wildman–Crippen LogP) is 6.67. The second kappa shape index (κ2) is 7.95. The molecule has 3 aromatic rings. The number of halogens is 2. The first-order valence-electron chi connectivity index (χ1n) is 9.39. The van der Waals surface area contributed by atoms with E-state index in [0.717, 1.165) is 27.9 Å². The van der Waals surface area contributed by atoms with Gasteiger partial charge in [-0.3, -0.25) is 0 Å². The Kier molecular flexibility index (Phi) is 5.21. The third-order valence-electron chi connectivity index (χ3n) is 5.03. The Labute approximate surface area is 168 Å². The number of ether oxygens (including phenoxy) is 2. The molecule has 1 N–H and O–H groups in total. The average Bonchev–Trinajstić information content (AvgIpc) is 2.73. The van der Waals surface area contributed by atoms with Crippen molar-refractivity contribution in [3.05, 3.63) is 78.9 Å². The number of hydrogen-bond donors (Lipinski definition) is 1. The highest BCUT2D eigenvalue weighted by molar-refractivity contribution is 5.85. The fourth-order valence-corrected chi connectivity index (χ4v) is 3.79. The van der Waals surface area contributed by atoms with Gasteiger partial charge in [0, 0.05) is 30.3 Å². The van der Waals surface area contributed by atoms with Crippen LogP contribution in [0.4, 0.5) is 14.5 Å². The molecule has 0 fully saturated rings. The van der Waals surface area contributed by atoms with Gasteiger partial charge in [-0.15, -0.1) is 6.58 Å². The summed E-state index contributed by atoms with van der Waals surface area (Å²) in [7, 11) is 1.88. The standard InChI is InChI=1S/C24H21F2NO2/c1-3-7-20-18-14-15(16-8-4-5-9-19(16)27-2)12-13-17(18)23-21(28-20)10-6-11-22(23)29-24(25)26/h3-6,8-14,20,24,27H,1,7H2,2H3. The Morgan fingerprint density at radius 1 is 1.10 bits per heavy atom. The van der Waals surface area contributed by atoms with Crippen molar-refractivity contribution in [3.8, 4) is 33.8 Å². The van der Waals surface area contributed by atoms with Gasteiger partial charge >= 0.3 is 6.61 Å². The van der Waals surface area contributed by atoms with Crippen LogP contribution in [-0.2, 0) is 0 Å². The molecule has 29 heavy (non-hydrogen) atoms. The van der Waals surface area contributed by atoms with E-state index in [1.165, 1.54) is 6.07 Å². The van der Waals surface area contributed by atoms with Crippen LogP contribution in [-0.4, -0.2) is 13.7 Å². The summed E-state index contributed by atoms with van der Waals surface area (Å²) in [5.74, 6) is 0.644. The summed E-state index contributed by atoms with van der Waals surface area (Å²) in [6.07, 6.45) is 2.15. The van der Waals surface area contributed by atoms with Gasteiger partial charge in [-0.1, -0.05) is 42.5 Å². The van der Waals surface area contributed by atoms with Crippen molar-refractivity contribution in [2.75, 3.05) is 12.4 Å². The van der Waals surface area contributed by atoms with Crippen molar-refractivity contribution in [2.24, 2.45) is 0 Å². The van der Waals surface area contributed by atoms with E-state index < -0.39 is 6.61 Å². The number of hydrogen-bond acceptors (Lipinski definition) is 3. The van der Waals surface area contributed by atoms with E-state index in [4.69, 9.17) is 9.47 Å². The molecule has 1 aliphatic rings. The lowest BCUT2D eigenvalue weighted by atomic mass is 9.88.